The first kappa shape index (κ1) is 17.3. The minimum atomic E-state index is -0.839. The minimum absolute atomic E-state index is 0.000981. The van der Waals surface area contributed by atoms with E-state index < -0.39 is 17.5 Å². The molecule has 1 aromatic carbocycles. The Labute approximate surface area is 149 Å². The zero-order chi connectivity index (χ0) is 18.8. The monoisotopic (exact) mass is 352 g/mol. The van der Waals surface area contributed by atoms with E-state index in [9.17, 15) is 19.6 Å². The van der Waals surface area contributed by atoms with Gasteiger partial charge in [-0.3, -0.25) is 9.59 Å². The number of nitrogens with one attached hydrogen (secondary N) is 1. The van der Waals surface area contributed by atoms with Crippen molar-refractivity contribution in [1.82, 2.24) is 5.32 Å². The number of ketones is 2. The highest BCUT2D eigenvalue weighted by molar-refractivity contribution is 6.26. The number of ether oxygens (including phenoxy) is 1. The molecule has 1 aliphatic carbocycles. The Kier molecular flexibility index (Phi) is 4.53. The van der Waals surface area contributed by atoms with Gasteiger partial charge in [-0.05, 0) is 5.56 Å². The number of allylic oxidation sites excluding steroid dienone is 2. The second kappa shape index (κ2) is 6.79. The van der Waals surface area contributed by atoms with Crippen LogP contribution < -0.4 is 10.0 Å². The van der Waals surface area contributed by atoms with Crippen LogP contribution in [0.5, 0.6) is 0 Å². The SMILES string of the molecule is COC(=O)c1c2c(c[n+]([O-])c1C)C(=O)C=C(NCc1ccccc1)C2=O. The number of carbonyl (C=O) groups excluding carboxylic acids is 3. The maximum Gasteiger partial charge on any atom is 0.345 e. The van der Waals surface area contributed by atoms with Crippen LogP contribution in [0.2, 0.25) is 0 Å². The van der Waals surface area contributed by atoms with Crippen LogP contribution in [0.25, 0.3) is 0 Å². The predicted molar refractivity (Wildman–Crippen MR) is 91.5 cm³/mol. The summed E-state index contributed by atoms with van der Waals surface area (Å²) in [5, 5.41) is 14.9. The fourth-order valence-corrected chi connectivity index (χ4v) is 2.81. The molecule has 2 aromatic rings. The van der Waals surface area contributed by atoms with Crippen LogP contribution in [0.1, 0.15) is 42.3 Å². The zero-order valence-electron chi connectivity index (χ0n) is 14.2. The Morgan fingerprint density at radius 3 is 2.58 bits per heavy atom. The quantitative estimate of drug-likeness (QED) is 0.508. The number of Topliss-reactive ketones (excluding diaryl/α,β-unsaturated/α-hetero) is 1. The number of nitrogens with zero attached hydrogens (tertiary/aromatic N) is 1. The topological polar surface area (TPSA) is 99.4 Å². The summed E-state index contributed by atoms with van der Waals surface area (Å²) in [7, 11) is 1.15. The summed E-state index contributed by atoms with van der Waals surface area (Å²) in [6.07, 6.45) is 2.16. The summed E-state index contributed by atoms with van der Waals surface area (Å²) in [6, 6.07) is 9.35. The van der Waals surface area contributed by atoms with Crippen LogP contribution in [0.4, 0.5) is 0 Å². The van der Waals surface area contributed by atoms with E-state index >= 15 is 0 Å². The Morgan fingerprint density at radius 2 is 1.92 bits per heavy atom. The van der Waals surface area contributed by atoms with Crippen molar-refractivity contribution in [2.75, 3.05) is 7.11 Å². The van der Waals surface area contributed by atoms with Crippen LogP contribution >= 0.6 is 0 Å². The van der Waals surface area contributed by atoms with E-state index in [1.807, 2.05) is 30.3 Å². The van der Waals surface area contributed by atoms with Gasteiger partial charge in [-0.15, -0.1) is 0 Å². The summed E-state index contributed by atoms with van der Waals surface area (Å²) in [4.78, 5) is 37.4. The Morgan fingerprint density at radius 1 is 1.23 bits per heavy atom. The van der Waals surface area contributed by atoms with Crippen molar-refractivity contribution in [3.63, 3.8) is 0 Å². The third kappa shape index (κ3) is 2.95. The summed E-state index contributed by atoms with van der Waals surface area (Å²) < 4.78 is 5.09. The molecular formula is C19H16N2O5. The van der Waals surface area contributed by atoms with Crippen molar-refractivity contribution in [3.8, 4) is 0 Å². The second-order valence-corrected chi connectivity index (χ2v) is 5.79. The first-order valence-corrected chi connectivity index (χ1v) is 7.87. The molecule has 1 N–H and O–H groups in total. The number of pyridine rings is 1. The van der Waals surface area contributed by atoms with E-state index in [2.05, 4.69) is 5.32 Å². The zero-order valence-corrected chi connectivity index (χ0v) is 14.2. The highest BCUT2D eigenvalue weighted by atomic mass is 16.5. The lowest BCUT2D eigenvalue weighted by Gasteiger charge is -2.19. The molecule has 0 bridgehead atoms. The Balaban J connectivity index is 2.02. The van der Waals surface area contributed by atoms with Gasteiger partial charge in [0, 0.05) is 19.5 Å². The molecule has 0 spiro atoms. The van der Waals surface area contributed by atoms with Crippen LogP contribution in [0.15, 0.2) is 48.3 Å². The molecule has 0 unspecified atom stereocenters. The highest BCUT2D eigenvalue weighted by Crippen LogP contribution is 2.25. The molecule has 132 valence electrons. The number of hydrogen-bond donors (Lipinski definition) is 1. The molecular weight excluding hydrogens is 336 g/mol. The van der Waals surface area contributed by atoms with Gasteiger partial charge < -0.3 is 15.3 Å². The van der Waals surface area contributed by atoms with Crippen molar-refractivity contribution >= 4 is 17.5 Å². The average molecular weight is 352 g/mol. The largest absolute Gasteiger partial charge is 0.618 e. The minimum Gasteiger partial charge on any atom is -0.618 e. The fourth-order valence-electron chi connectivity index (χ4n) is 2.81. The van der Waals surface area contributed by atoms with E-state index in [0.29, 0.717) is 11.3 Å². The summed E-state index contributed by atoms with van der Waals surface area (Å²) in [6.45, 7) is 1.73. The van der Waals surface area contributed by atoms with E-state index in [4.69, 9.17) is 4.74 Å². The Hall–Kier alpha value is -3.48. The van der Waals surface area contributed by atoms with Gasteiger partial charge in [0.2, 0.25) is 11.5 Å². The van der Waals surface area contributed by atoms with Gasteiger partial charge in [0.15, 0.2) is 12.0 Å². The van der Waals surface area contributed by atoms with E-state index in [1.165, 1.54) is 6.92 Å². The van der Waals surface area contributed by atoms with Crippen molar-refractivity contribution in [2.45, 2.75) is 13.5 Å². The third-order valence-corrected chi connectivity index (χ3v) is 4.19. The Bertz CT molecular complexity index is 948. The lowest BCUT2D eigenvalue weighted by molar-refractivity contribution is -0.612. The van der Waals surface area contributed by atoms with Crippen LogP contribution in [-0.4, -0.2) is 24.6 Å². The summed E-state index contributed by atoms with van der Waals surface area (Å²) in [5.74, 6) is -1.89. The molecule has 26 heavy (non-hydrogen) atoms. The molecule has 0 radical (unpaired) electrons. The van der Waals surface area contributed by atoms with Crippen molar-refractivity contribution in [1.29, 1.82) is 0 Å². The van der Waals surface area contributed by atoms with Gasteiger partial charge in [-0.2, -0.15) is 4.73 Å². The molecule has 0 amide bonds. The number of esters is 1. The van der Waals surface area contributed by atoms with Gasteiger partial charge in [-0.25, -0.2) is 4.79 Å². The van der Waals surface area contributed by atoms with E-state index in [1.54, 1.807) is 0 Å². The second-order valence-electron chi connectivity index (χ2n) is 5.79. The molecule has 1 heterocycles. The van der Waals surface area contributed by atoms with Crippen molar-refractivity contribution < 1.29 is 23.9 Å². The molecule has 0 saturated carbocycles. The lowest BCUT2D eigenvalue weighted by Crippen LogP contribution is -2.38. The van der Waals surface area contributed by atoms with Crippen LogP contribution in [-0.2, 0) is 11.3 Å². The molecule has 7 heteroatoms. The van der Waals surface area contributed by atoms with Gasteiger partial charge in [-0.1, -0.05) is 30.3 Å². The molecule has 7 nitrogen and oxygen atoms in total. The average Bonchev–Trinajstić information content (AvgIpc) is 2.65. The third-order valence-electron chi connectivity index (χ3n) is 4.19. The molecule has 0 fully saturated rings. The van der Waals surface area contributed by atoms with Crippen molar-refractivity contribution in [3.05, 3.63) is 81.5 Å². The fraction of sp³-hybridized carbons (Fsp3) is 0.158. The predicted octanol–water partition coefficient (Wildman–Crippen LogP) is 1.47. The maximum atomic E-state index is 12.9. The smallest absolute Gasteiger partial charge is 0.345 e. The number of rotatable bonds is 4. The van der Waals surface area contributed by atoms with E-state index in [0.717, 1.165) is 24.9 Å². The van der Waals surface area contributed by atoms with Gasteiger partial charge in [0.25, 0.3) is 0 Å². The number of aromatic nitrogens is 1. The molecule has 0 saturated heterocycles. The first-order valence-electron chi connectivity index (χ1n) is 7.87. The molecule has 1 aliphatic rings. The first-order chi connectivity index (χ1) is 12.4. The molecule has 0 atom stereocenters. The molecule has 1 aromatic heterocycles. The van der Waals surface area contributed by atoms with Crippen LogP contribution in [0.3, 0.4) is 0 Å². The number of methoxy groups -OCH3 is 1. The van der Waals surface area contributed by atoms with Crippen molar-refractivity contribution in [2.24, 2.45) is 0 Å². The number of benzene rings is 1. The normalized spacial score (nSPS) is 13.1. The van der Waals surface area contributed by atoms with Gasteiger partial charge >= 0.3 is 5.97 Å². The summed E-state index contributed by atoms with van der Waals surface area (Å²) >= 11 is 0. The molecule has 0 aliphatic heterocycles. The number of carbonyl (C=O) groups is 3. The number of hydrogen-bond acceptors (Lipinski definition) is 6. The maximum absolute atomic E-state index is 12.9. The van der Waals surface area contributed by atoms with E-state index in [-0.39, 0.29) is 28.1 Å². The summed E-state index contributed by atoms with van der Waals surface area (Å²) in [5.41, 5.74) is 0.589. The van der Waals surface area contributed by atoms with Gasteiger partial charge in [0.1, 0.15) is 5.56 Å². The van der Waals surface area contributed by atoms with Gasteiger partial charge in [0.05, 0.1) is 23.9 Å². The number of fused-ring (bicyclic) bond motifs is 1. The molecule has 3 rings (SSSR count). The van der Waals surface area contributed by atoms with Crippen LogP contribution in [0, 0.1) is 12.1 Å². The lowest BCUT2D eigenvalue weighted by atomic mass is 9.89. The standard InChI is InChI=1S/C19H16N2O5/c1-11-16(19(24)26-2)17-13(10-21(11)25)15(22)8-14(18(17)23)20-9-12-6-4-3-5-7-12/h3-8,10,20H,9H2,1-2H3. The highest BCUT2D eigenvalue weighted by Gasteiger charge is 2.36.